The molecule has 7 nitrogen and oxygen atoms in total. The zero-order valence-corrected chi connectivity index (χ0v) is 14.5. The van der Waals surface area contributed by atoms with Gasteiger partial charge in [0.1, 0.15) is 17.4 Å². The molecule has 0 aliphatic heterocycles. The van der Waals surface area contributed by atoms with Gasteiger partial charge in [0.2, 0.25) is 10.0 Å². The molecule has 1 aromatic heterocycles. The zero-order chi connectivity index (χ0) is 17.0. The molecule has 1 aromatic carbocycles. The molecule has 9 heteroatoms. The Morgan fingerprint density at radius 3 is 2.65 bits per heavy atom. The number of hydrogen-bond acceptors (Lipinski definition) is 6. The molecule has 1 heterocycles. The van der Waals surface area contributed by atoms with Gasteiger partial charge in [0, 0.05) is 20.3 Å². The standard InChI is InChI=1S/C14H17ClN4O3S/c1-19(2)14-6-7-16-13(18-14)9-17-23(20,21)10-4-5-12(22-3)11(15)8-10/h4-8,17H,9H2,1-3H3. The minimum Gasteiger partial charge on any atom is -0.495 e. The molecule has 2 aromatic rings. The predicted molar refractivity (Wildman–Crippen MR) is 88.4 cm³/mol. The summed E-state index contributed by atoms with van der Waals surface area (Å²) in [5.41, 5.74) is 0. The number of nitrogens with one attached hydrogen (secondary N) is 1. The summed E-state index contributed by atoms with van der Waals surface area (Å²) in [6.45, 7) is -0.0202. The number of rotatable bonds is 6. The van der Waals surface area contributed by atoms with E-state index in [4.69, 9.17) is 16.3 Å². The third kappa shape index (κ3) is 4.31. The van der Waals surface area contributed by atoms with Gasteiger partial charge < -0.3 is 9.64 Å². The van der Waals surface area contributed by atoms with E-state index in [1.807, 2.05) is 19.0 Å². The van der Waals surface area contributed by atoms with Gasteiger partial charge >= 0.3 is 0 Å². The number of methoxy groups -OCH3 is 1. The number of aromatic nitrogens is 2. The summed E-state index contributed by atoms with van der Waals surface area (Å²) in [6, 6.07) is 5.99. The van der Waals surface area contributed by atoms with Crippen LogP contribution in [0.15, 0.2) is 35.4 Å². The first-order chi connectivity index (χ1) is 10.8. The third-order valence-corrected chi connectivity index (χ3v) is 4.70. The van der Waals surface area contributed by atoms with Crippen LogP contribution in [0.1, 0.15) is 5.82 Å². The molecule has 23 heavy (non-hydrogen) atoms. The number of benzene rings is 1. The van der Waals surface area contributed by atoms with Crippen LogP contribution in [0.4, 0.5) is 5.82 Å². The first kappa shape index (κ1) is 17.5. The lowest BCUT2D eigenvalue weighted by atomic mass is 10.3. The molecule has 0 aliphatic rings. The Morgan fingerprint density at radius 2 is 2.04 bits per heavy atom. The van der Waals surface area contributed by atoms with Crippen molar-refractivity contribution in [1.29, 1.82) is 0 Å². The fraction of sp³-hybridized carbons (Fsp3) is 0.286. The van der Waals surface area contributed by atoms with E-state index < -0.39 is 10.0 Å². The summed E-state index contributed by atoms with van der Waals surface area (Å²) >= 11 is 5.96. The number of hydrogen-bond donors (Lipinski definition) is 1. The second-order valence-electron chi connectivity index (χ2n) is 4.85. The maximum atomic E-state index is 12.3. The fourth-order valence-electron chi connectivity index (χ4n) is 1.78. The minimum atomic E-state index is -3.72. The molecule has 0 atom stereocenters. The van der Waals surface area contributed by atoms with Crippen molar-refractivity contribution in [2.45, 2.75) is 11.4 Å². The highest BCUT2D eigenvalue weighted by Gasteiger charge is 2.16. The second kappa shape index (κ2) is 7.12. The molecule has 124 valence electrons. The number of anilines is 1. The Morgan fingerprint density at radius 1 is 1.30 bits per heavy atom. The van der Waals surface area contributed by atoms with Crippen LogP contribution in [0.2, 0.25) is 5.02 Å². The molecule has 0 amide bonds. The van der Waals surface area contributed by atoms with Crippen molar-refractivity contribution in [1.82, 2.24) is 14.7 Å². The molecule has 0 spiro atoms. The highest BCUT2D eigenvalue weighted by atomic mass is 35.5. The van der Waals surface area contributed by atoms with Gasteiger partial charge in [-0.2, -0.15) is 0 Å². The molecule has 0 bridgehead atoms. The van der Waals surface area contributed by atoms with Crippen molar-refractivity contribution in [3.05, 3.63) is 41.3 Å². The van der Waals surface area contributed by atoms with E-state index in [1.165, 1.54) is 25.3 Å². The first-order valence-electron chi connectivity index (χ1n) is 6.66. The average Bonchev–Trinajstić information content (AvgIpc) is 2.53. The number of sulfonamides is 1. The van der Waals surface area contributed by atoms with Crippen molar-refractivity contribution in [2.24, 2.45) is 0 Å². The Labute approximate surface area is 140 Å². The van der Waals surface area contributed by atoms with Crippen LogP contribution in [0.3, 0.4) is 0 Å². The monoisotopic (exact) mass is 356 g/mol. The van der Waals surface area contributed by atoms with Gasteiger partial charge in [0.05, 0.1) is 23.6 Å². The van der Waals surface area contributed by atoms with Gasteiger partial charge in [0.15, 0.2) is 0 Å². The Balaban J connectivity index is 2.16. The van der Waals surface area contributed by atoms with Crippen molar-refractivity contribution in [3.63, 3.8) is 0 Å². The predicted octanol–water partition coefficient (Wildman–Crippen LogP) is 1.68. The topological polar surface area (TPSA) is 84.4 Å². The number of halogens is 1. The van der Waals surface area contributed by atoms with Crippen molar-refractivity contribution < 1.29 is 13.2 Å². The van der Waals surface area contributed by atoms with E-state index in [1.54, 1.807) is 12.3 Å². The molecular weight excluding hydrogens is 340 g/mol. The van der Waals surface area contributed by atoms with E-state index >= 15 is 0 Å². The third-order valence-electron chi connectivity index (χ3n) is 3.00. The van der Waals surface area contributed by atoms with Crippen LogP contribution < -0.4 is 14.4 Å². The molecule has 0 radical (unpaired) electrons. The Bertz CT molecular complexity index is 796. The lowest BCUT2D eigenvalue weighted by Gasteiger charge is -2.12. The van der Waals surface area contributed by atoms with Crippen LogP contribution in [0.5, 0.6) is 5.75 Å². The average molecular weight is 357 g/mol. The summed E-state index contributed by atoms with van der Waals surface area (Å²) in [5, 5.41) is 0.223. The van der Waals surface area contributed by atoms with Crippen molar-refractivity contribution >= 4 is 27.4 Å². The van der Waals surface area contributed by atoms with Crippen LogP contribution in [0.25, 0.3) is 0 Å². The van der Waals surface area contributed by atoms with Crippen LogP contribution in [0, 0.1) is 0 Å². The maximum Gasteiger partial charge on any atom is 0.241 e. The largest absolute Gasteiger partial charge is 0.495 e. The molecule has 0 saturated carbocycles. The summed E-state index contributed by atoms with van der Waals surface area (Å²) in [4.78, 5) is 10.2. The molecule has 0 unspecified atom stereocenters. The van der Waals surface area contributed by atoms with E-state index in [0.29, 0.717) is 17.4 Å². The Kier molecular flexibility index (Phi) is 5.40. The molecule has 2 rings (SSSR count). The highest BCUT2D eigenvalue weighted by Crippen LogP contribution is 2.26. The van der Waals surface area contributed by atoms with E-state index in [-0.39, 0.29) is 16.5 Å². The molecule has 1 N–H and O–H groups in total. The lowest BCUT2D eigenvalue weighted by Crippen LogP contribution is -2.24. The van der Waals surface area contributed by atoms with Gasteiger partial charge in [-0.15, -0.1) is 0 Å². The minimum absolute atomic E-state index is 0.0202. The summed E-state index contributed by atoms with van der Waals surface area (Å²) in [7, 11) is 1.42. The smallest absolute Gasteiger partial charge is 0.241 e. The fourth-order valence-corrected chi connectivity index (χ4v) is 3.11. The van der Waals surface area contributed by atoms with Gasteiger partial charge in [-0.3, -0.25) is 0 Å². The van der Waals surface area contributed by atoms with Gasteiger partial charge in [0.25, 0.3) is 0 Å². The van der Waals surface area contributed by atoms with Crippen LogP contribution in [-0.4, -0.2) is 39.6 Å². The Hall–Kier alpha value is -1.90. The number of ether oxygens (including phenoxy) is 1. The molecular formula is C14H17ClN4O3S. The molecule has 0 saturated heterocycles. The molecule has 0 fully saturated rings. The maximum absolute atomic E-state index is 12.3. The summed E-state index contributed by atoms with van der Waals surface area (Å²) in [6.07, 6.45) is 1.58. The van der Waals surface area contributed by atoms with Gasteiger partial charge in [-0.05, 0) is 24.3 Å². The van der Waals surface area contributed by atoms with E-state index in [2.05, 4.69) is 14.7 Å². The second-order valence-corrected chi connectivity index (χ2v) is 7.02. The number of nitrogens with zero attached hydrogens (tertiary/aromatic N) is 3. The van der Waals surface area contributed by atoms with Crippen molar-refractivity contribution in [2.75, 3.05) is 26.1 Å². The molecule has 0 aliphatic carbocycles. The van der Waals surface area contributed by atoms with Crippen molar-refractivity contribution in [3.8, 4) is 5.75 Å². The van der Waals surface area contributed by atoms with Gasteiger partial charge in [-0.1, -0.05) is 11.6 Å². The summed E-state index contributed by atoms with van der Waals surface area (Å²) < 4.78 is 32.1. The van der Waals surface area contributed by atoms with E-state index in [9.17, 15) is 8.42 Å². The SMILES string of the molecule is COc1ccc(S(=O)(=O)NCc2nccc(N(C)C)n2)cc1Cl. The lowest BCUT2D eigenvalue weighted by molar-refractivity contribution is 0.414. The quantitative estimate of drug-likeness (QED) is 0.847. The van der Waals surface area contributed by atoms with Crippen LogP contribution >= 0.6 is 11.6 Å². The zero-order valence-electron chi connectivity index (χ0n) is 12.9. The normalized spacial score (nSPS) is 11.3. The highest BCUT2D eigenvalue weighted by molar-refractivity contribution is 7.89. The summed E-state index contributed by atoms with van der Waals surface area (Å²) in [5.74, 6) is 1.48. The van der Waals surface area contributed by atoms with E-state index in [0.717, 1.165) is 0 Å². The van der Waals surface area contributed by atoms with Gasteiger partial charge in [-0.25, -0.2) is 23.1 Å². The van der Waals surface area contributed by atoms with Crippen LogP contribution in [-0.2, 0) is 16.6 Å². The first-order valence-corrected chi connectivity index (χ1v) is 8.52.